The Morgan fingerprint density at radius 2 is 1.78 bits per heavy atom. The van der Waals surface area contributed by atoms with Gasteiger partial charge in [0.15, 0.2) is 0 Å². The lowest BCUT2D eigenvalue weighted by atomic mass is 10.2. The van der Waals surface area contributed by atoms with Crippen molar-refractivity contribution in [3.63, 3.8) is 0 Å². The topological polar surface area (TPSA) is 84.0 Å². The number of aromatic amines is 1. The molecular weight excluding hydrogens is 362 g/mol. The molecule has 0 aliphatic heterocycles. The van der Waals surface area contributed by atoms with Gasteiger partial charge >= 0.3 is 5.69 Å². The van der Waals surface area contributed by atoms with E-state index in [0.29, 0.717) is 21.1 Å². The maximum atomic E-state index is 12.4. The Bertz CT molecular complexity index is 1010. The number of aromatic nitrogens is 2. The standard InChI is InChI=1S/C16H12BrN3O3/c17-11-6-2-4-8-13(11)18-14(21)9-20-15(22)10-5-1-3-7-12(10)19-16(20)23/h1-8H,9H2,(H,18,21)(H,19,23). The van der Waals surface area contributed by atoms with Crippen LogP contribution in [0, 0.1) is 0 Å². The van der Waals surface area contributed by atoms with Crippen LogP contribution in [0.15, 0.2) is 62.6 Å². The van der Waals surface area contributed by atoms with Crippen molar-refractivity contribution in [2.75, 3.05) is 5.32 Å². The first kappa shape index (κ1) is 15.2. The van der Waals surface area contributed by atoms with Crippen LogP contribution < -0.4 is 16.6 Å². The van der Waals surface area contributed by atoms with Gasteiger partial charge in [0.1, 0.15) is 6.54 Å². The number of rotatable bonds is 3. The fraction of sp³-hybridized carbons (Fsp3) is 0.0625. The lowest BCUT2D eigenvalue weighted by Gasteiger charge is -2.09. The van der Waals surface area contributed by atoms with Crippen LogP contribution in [0.25, 0.3) is 10.9 Å². The number of hydrogen-bond acceptors (Lipinski definition) is 3. The summed E-state index contributed by atoms with van der Waals surface area (Å²) >= 11 is 3.32. The summed E-state index contributed by atoms with van der Waals surface area (Å²) in [6, 6.07) is 13.8. The number of nitrogens with one attached hydrogen (secondary N) is 2. The first-order valence-corrected chi connectivity index (χ1v) is 7.62. The third-order valence-corrected chi connectivity index (χ3v) is 4.03. The second kappa shape index (κ2) is 6.21. The van der Waals surface area contributed by atoms with E-state index in [0.717, 1.165) is 4.57 Å². The van der Waals surface area contributed by atoms with E-state index in [4.69, 9.17) is 0 Å². The van der Waals surface area contributed by atoms with Gasteiger partial charge in [0, 0.05) is 4.47 Å². The average molecular weight is 374 g/mol. The minimum absolute atomic E-state index is 0.361. The second-order valence-electron chi connectivity index (χ2n) is 4.90. The Balaban J connectivity index is 1.93. The van der Waals surface area contributed by atoms with Crippen LogP contribution in [0.4, 0.5) is 5.69 Å². The Morgan fingerprint density at radius 3 is 2.57 bits per heavy atom. The first-order valence-electron chi connectivity index (χ1n) is 6.82. The largest absolute Gasteiger partial charge is 0.329 e. The van der Waals surface area contributed by atoms with E-state index in [1.165, 1.54) is 0 Å². The van der Waals surface area contributed by atoms with Gasteiger partial charge in [-0.15, -0.1) is 0 Å². The van der Waals surface area contributed by atoms with Gasteiger partial charge in [0.05, 0.1) is 16.6 Å². The number of amides is 1. The summed E-state index contributed by atoms with van der Waals surface area (Å²) in [5, 5.41) is 3.02. The predicted octanol–water partition coefficient (Wildman–Crippen LogP) is 2.09. The van der Waals surface area contributed by atoms with Crippen molar-refractivity contribution in [2.24, 2.45) is 0 Å². The zero-order valence-electron chi connectivity index (χ0n) is 11.9. The van der Waals surface area contributed by atoms with E-state index >= 15 is 0 Å². The molecule has 2 aromatic carbocycles. The van der Waals surface area contributed by atoms with Gasteiger partial charge in [-0.1, -0.05) is 24.3 Å². The van der Waals surface area contributed by atoms with Gasteiger partial charge in [-0.2, -0.15) is 0 Å². The molecule has 3 aromatic rings. The second-order valence-corrected chi connectivity index (χ2v) is 5.75. The SMILES string of the molecule is O=C(Cn1c(=O)[nH]c2ccccc2c1=O)Nc1ccccc1Br. The van der Waals surface area contributed by atoms with Gasteiger partial charge < -0.3 is 10.3 Å². The van der Waals surface area contributed by atoms with E-state index in [1.807, 2.05) is 6.07 Å². The molecule has 6 nitrogen and oxygen atoms in total. The normalized spacial score (nSPS) is 10.7. The number of hydrogen-bond donors (Lipinski definition) is 2. The minimum atomic E-state index is -0.615. The lowest BCUT2D eigenvalue weighted by molar-refractivity contribution is -0.116. The summed E-state index contributed by atoms with van der Waals surface area (Å²) in [6.07, 6.45) is 0. The predicted molar refractivity (Wildman–Crippen MR) is 91.6 cm³/mol. The Labute approximate surface area is 138 Å². The number of halogens is 1. The van der Waals surface area contributed by atoms with Gasteiger partial charge in [-0.25, -0.2) is 4.79 Å². The van der Waals surface area contributed by atoms with E-state index in [2.05, 4.69) is 26.2 Å². The molecule has 0 spiro atoms. The number of fused-ring (bicyclic) bond motifs is 1. The van der Waals surface area contributed by atoms with Crippen molar-refractivity contribution >= 4 is 38.4 Å². The molecule has 0 fully saturated rings. The van der Waals surface area contributed by atoms with Crippen molar-refractivity contribution in [3.05, 3.63) is 73.8 Å². The quantitative estimate of drug-likeness (QED) is 0.737. The minimum Gasteiger partial charge on any atom is -0.323 e. The van der Waals surface area contributed by atoms with Crippen molar-refractivity contribution in [1.29, 1.82) is 0 Å². The maximum absolute atomic E-state index is 12.4. The highest BCUT2D eigenvalue weighted by atomic mass is 79.9. The molecule has 1 aromatic heterocycles. The fourth-order valence-corrected chi connectivity index (χ4v) is 2.62. The molecule has 0 aliphatic rings. The number of benzene rings is 2. The number of H-pyrrole nitrogens is 1. The molecule has 23 heavy (non-hydrogen) atoms. The summed E-state index contributed by atoms with van der Waals surface area (Å²) in [7, 11) is 0. The molecule has 1 amide bonds. The van der Waals surface area contributed by atoms with E-state index in [9.17, 15) is 14.4 Å². The molecule has 116 valence electrons. The molecule has 1 heterocycles. The van der Waals surface area contributed by atoms with E-state index < -0.39 is 17.2 Å². The molecule has 0 radical (unpaired) electrons. The molecule has 0 saturated heterocycles. The van der Waals surface area contributed by atoms with Crippen LogP contribution in [-0.4, -0.2) is 15.5 Å². The Hall–Kier alpha value is -2.67. The lowest BCUT2D eigenvalue weighted by Crippen LogP contribution is -2.38. The van der Waals surface area contributed by atoms with Gasteiger partial charge in [-0.05, 0) is 40.2 Å². The van der Waals surface area contributed by atoms with Gasteiger partial charge in [0.25, 0.3) is 5.56 Å². The van der Waals surface area contributed by atoms with Crippen LogP contribution in [0.1, 0.15) is 0 Å². The number of para-hydroxylation sites is 2. The number of carbonyl (C=O) groups excluding carboxylic acids is 1. The molecule has 2 N–H and O–H groups in total. The smallest absolute Gasteiger partial charge is 0.323 e. The molecule has 7 heteroatoms. The summed E-state index contributed by atoms with van der Waals surface area (Å²) in [5.74, 6) is -0.459. The van der Waals surface area contributed by atoms with Crippen molar-refractivity contribution in [2.45, 2.75) is 6.54 Å². The van der Waals surface area contributed by atoms with Gasteiger partial charge in [-0.3, -0.25) is 14.2 Å². The zero-order chi connectivity index (χ0) is 16.4. The third-order valence-electron chi connectivity index (χ3n) is 3.34. The summed E-state index contributed by atoms with van der Waals surface area (Å²) in [5.41, 5.74) is -0.0877. The first-order chi connectivity index (χ1) is 11.1. The maximum Gasteiger partial charge on any atom is 0.329 e. The third kappa shape index (κ3) is 3.09. The highest BCUT2D eigenvalue weighted by Crippen LogP contribution is 2.20. The van der Waals surface area contributed by atoms with Crippen LogP contribution >= 0.6 is 15.9 Å². The monoisotopic (exact) mass is 373 g/mol. The van der Waals surface area contributed by atoms with Crippen LogP contribution in [0.5, 0.6) is 0 Å². The van der Waals surface area contributed by atoms with Crippen LogP contribution in [0.2, 0.25) is 0 Å². The van der Waals surface area contributed by atoms with E-state index in [1.54, 1.807) is 42.5 Å². The average Bonchev–Trinajstić information content (AvgIpc) is 2.54. The highest BCUT2D eigenvalue weighted by molar-refractivity contribution is 9.10. The molecule has 0 aliphatic carbocycles. The van der Waals surface area contributed by atoms with Gasteiger partial charge in [0.2, 0.25) is 5.91 Å². The number of carbonyl (C=O) groups is 1. The van der Waals surface area contributed by atoms with Crippen LogP contribution in [0.3, 0.4) is 0 Å². The Morgan fingerprint density at radius 1 is 1.09 bits per heavy atom. The Kier molecular flexibility index (Phi) is 4.12. The molecular formula is C16H12BrN3O3. The molecule has 0 saturated carbocycles. The summed E-state index contributed by atoms with van der Waals surface area (Å²) < 4.78 is 1.60. The molecule has 0 atom stereocenters. The summed E-state index contributed by atoms with van der Waals surface area (Å²) in [4.78, 5) is 39.1. The van der Waals surface area contributed by atoms with Crippen molar-refractivity contribution in [3.8, 4) is 0 Å². The van der Waals surface area contributed by atoms with Crippen molar-refractivity contribution in [1.82, 2.24) is 9.55 Å². The molecule has 3 rings (SSSR count). The zero-order valence-corrected chi connectivity index (χ0v) is 13.5. The molecule has 0 bridgehead atoms. The van der Waals surface area contributed by atoms with Crippen LogP contribution in [-0.2, 0) is 11.3 Å². The highest BCUT2D eigenvalue weighted by Gasteiger charge is 2.12. The number of anilines is 1. The van der Waals surface area contributed by atoms with E-state index in [-0.39, 0.29) is 6.54 Å². The summed E-state index contributed by atoms with van der Waals surface area (Å²) in [6.45, 7) is -0.361. The molecule has 0 unspecified atom stereocenters. The van der Waals surface area contributed by atoms with Crippen molar-refractivity contribution < 1.29 is 4.79 Å². The number of nitrogens with zero attached hydrogens (tertiary/aromatic N) is 1. The fourth-order valence-electron chi connectivity index (χ4n) is 2.24.